The Morgan fingerprint density at radius 2 is 2.00 bits per heavy atom. The molecule has 1 N–H and O–H groups in total. The molecule has 1 aromatic carbocycles. The van der Waals surface area contributed by atoms with Gasteiger partial charge in [0.05, 0.1) is 27.8 Å². The highest BCUT2D eigenvalue weighted by Gasteiger charge is 2.45. The molecule has 1 aromatic heterocycles. The van der Waals surface area contributed by atoms with Crippen molar-refractivity contribution in [3.05, 3.63) is 35.5 Å². The highest BCUT2D eigenvalue weighted by molar-refractivity contribution is 6.35. The van der Waals surface area contributed by atoms with Crippen LogP contribution in [-0.2, 0) is 4.74 Å². The first-order valence-electron chi connectivity index (χ1n) is 7.28. The Morgan fingerprint density at radius 3 is 2.67 bits per heavy atom. The van der Waals surface area contributed by atoms with Gasteiger partial charge in [-0.25, -0.2) is 0 Å². The van der Waals surface area contributed by atoms with Crippen LogP contribution in [0.15, 0.2) is 30.5 Å². The molecule has 1 saturated heterocycles. The van der Waals surface area contributed by atoms with Gasteiger partial charge in [-0.3, -0.25) is 4.98 Å². The molecule has 2 aromatic rings. The number of hydrogen-bond donors (Lipinski definition) is 1. The Balaban J connectivity index is 1.98. The van der Waals surface area contributed by atoms with E-state index in [-0.39, 0.29) is 17.2 Å². The number of hydrogen-bond acceptors (Lipinski definition) is 3. The zero-order valence-electron chi connectivity index (χ0n) is 12.9. The van der Waals surface area contributed by atoms with Crippen LogP contribution in [0.2, 0.25) is 5.02 Å². The maximum Gasteiger partial charge on any atom is 0.0908 e. The molecule has 21 heavy (non-hydrogen) atoms. The van der Waals surface area contributed by atoms with Gasteiger partial charge < -0.3 is 10.1 Å². The van der Waals surface area contributed by atoms with Crippen molar-refractivity contribution in [2.45, 2.75) is 51.4 Å². The number of aromatic nitrogens is 1. The normalized spacial score (nSPS) is 23.4. The van der Waals surface area contributed by atoms with E-state index in [2.05, 4.69) is 38.0 Å². The predicted octanol–water partition coefficient (Wildman–Crippen LogP) is 4.65. The van der Waals surface area contributed by atoms with Crippen molar-refractivity contribution in [1.29, 1.82) is 0 Å². The van der Waals surface area contributed by atoms with Crippen molar-refractivity contribution in [1.82, 2.24) is 4.98 Å². The summed E-state index contributed by atoms with van der Waals surface area (Å²) in [6, 6.07) is 8.15. The molecular weight excluding hydrogens is 284 g/mol. The molecule has 0 radical (unpaired) electrons. The number of fused-ring (bicyclic) bond motifs is 1. The van der Waals surface area contributed by atoms with E-state index in [1.54, 1.807) is 6.20 Å². The summed E-state index contributed by atoms with van der Waals surface area (Å²) >= 11 is 6.23. The monoisotopic (exact) mass is 304 g/mol. The van der Waals surface area contributed by atoms with Gasteiger partial charge in [0.25, 0.3) is 0 Å². The molecule has 2 heterocycles. The minimum atomic E-state index is -0.211. The van der Waals surface area contributed by atoms with E-state index in [4.69, 9.17) is 16.3 Å². The fourth-order valence-electron chi connectivity index (χ4n) is 3.24. The number of anilines is 1. The van der Waals surface area contributed by atoms with Crippen LogP contribution in [-0.4, -0.2) is 22.2 Å². The number of nitrogens with one attached hydrogen (secondary N) is 1. The summed E-state index contributed by atoms with van der Waals surface area (Å²) in [5, 5.41) is 5.36. The minimum Gasteiger partial charge on any atom is -0.379 e. The first-order chi connectivity index (χ1) is 9.78. The van der Waals surface area contributed by atoms with Gasteiger partial charge in [-0.2, -0.15) is 0 Å². The Hall–Kier alpha value is -1.32. The molecular formula is C17H21ClN2O. The van der Waals surface area contributed by atoms with Crippen molar-refractivity contribution >= 4 is 28.2 Å². The van der Waals surface area contributed by atoms with Gasteiger partial charge in [-0.15, -0.1) is 0 Å². The molecule has 0 saturated carbocycles. The quantitative estimate of drug-likeness (QED) is 0.877. The maximum absolute atomic E-state index is 6.23. The van der Waals surface area contributed by atoms with Crippen LogP contribution in [0.5, 0.6) is 0 Å². The van der Waals surface area contributed by atoms with Crippen LogP contribution < -0.4 is 5.32 Å². The van der Waals surface area contributed by atoms with Gasteiger partial charge in [0.1, 0.15) is 0 Å². The van der Waals surface area contributed by atoms with Crippen molar-refractivity contribution < 1.29 is 4.74 Å². The highest BCUT2D eigenvalue weighted by Crippen LogP contribution is 2.40. The molecule has 1 aliphatic heterocycles. The van der Waals surface area contributed by atoms with Crippen LogP contribution in [0.3, 0.4) is 0 Å². The summed E-state index contributed by atoms with van der Waals surface area (Å²) in [6.45, 7) is 8.54. The van der Waals surface area contributed by atoms with E-state index in [9.17, 15) is 0 Å². The lowest BCUT2D eigenvalue weighted by Crippen LogP contribution is -2.38. The molecule has 0 amide bonds. The first kappa shape index (κ1) is 14.6. The van der Waals surface area contributed by atoms with E-state index in [0.29, 0.717) is 5.02 Å². The summed E-state index contributed by atoms with van der Waals surface area (Å²) in [6.07, 6.45) is 2.73. The number of rotatable bonds is 2. The van der Waals surface area contributed by atoms with Gasteiger partial charge in [0.15, 0.2) is 0 Å². The molecule has 4 heteroatoms. The van der Waals surface area contributed by atoms with E-state index in [1.165, 1.54) is 0 Å². The highest BCUT2D eigenvalue weighted by atomic mass is 35.5. The molecule has 0 aliphatic carbocycles. The Bertz CT molecular complexity index is 682. The third-order valence-electron chi connectivity index (χ3n) is 4.12. The number of nitrogens with zero attached hydrogens (tertiary/aromatic N) is 1. The molecule has 1 atom stereocenters. The zero-order valence-corrected chi connectivity index (χ0v) is 13.7. The largest absolute Gasteiger partial charge is 0.379 e. The maximum atomic E-state index is 6.23. The minimum absolute atomic E-state index is 0.109. The van der Waals surface area contributed by atoms with E-state index in [0.717, 1.165) is 23.0 Å². The summed E-state index contributed by atoms with van der Waals surface area (Å²) in [5.41, 5.74) is 1.57. The third kappa shape index (κ3) is 2.72. The van der Waals surface area contributed by atoms with Crippen molar-refractivity contribution in [3.63, 3.8) is 0 Å². The second-order valence-corrected chi connectivity index (χ2v) is 7.27. The molecule has 3 nitrogen and oxygen atoms in total. The van der Waals surface area contributed by atoms with E-state index in [1.807, 2.05) is 24.3 Å². The van der Waals surface area contributed by atoms with E-state index < -0.39 is 0 Å². The summed E-state index contributed by atoms with van der Waals surface area (Å²) in [5.74, 6) is 0. The van der Waals surface area contributed by atoms with Crippen molar-refractivity contribution in [3.8, 4) is 0 Å². The lowest BCUT2D eigenvalue weighted by Gasteiger charge is -2.28. The SMILES string of the molecule is CC1(C)CC(Nc2ccc(Cl)c3ncccc23)C(C)(C)O1. The second-order valence-electron chi connectivity index (χ2n) is 6.86. The zero-order chi connectivity index (χ0) is 15.3. The predicted molar refractivity (Wildman–Crippen MR) is 88.0 cm³/mol. The van der Waals surface area contributed by atoms with Gasteiger partial charge >= 0.3 is 0 Å². The molecule has 1 aliphatic rings. The fraction of sp³-hybridized carbons (Fsp3) is 0.471. The Morgan fingerprint density at radius 1 is 1.24 bits per heavy atom. The van der Waals surface area contributed by atoms with Crippen molar-refractivity contribution in [2.24, 2.45) is 0 Å². The Labute approximate surface area is 130 Å². The lowest BCUT2D eigenvalue weighted by atomic mass is 9.94. The molecule has 1 unspecified atom stereocenters. The number of halogens is 1. The second kappa shape index (κ2) is 4.85. The van der Waals surface area contributed by atoms with Gasteiger partial charge in [-0.05, 0) is 58.4 Å². The summed E-state index contributed by atoms with van der Waals surface area (Å²) in [7, 11) is 0. The standard InChI is InChI=1S/C17H21ClN2O/c1-16(2)10-14(17(3,4)21-16)20-13-8-7-12(18)15-11(13)6-5-9-19-15/h5-9,14,20H,10H2,1-4H3. The lowest BCUT2D eigenvalue weighted by molar-refractivity contribution is -0.0662. The smallest absolute Gasteiger partial charge is 0.0908 e. The van der Waals surface area contributed by atoms with Gasteiger partial charge in [0, 0.05) is 17.3 Å². The molecule has 0 bridgehead atoms. The van der Waals surface area contributed by atoms with E-state index >= 15 is 0 Å². The average molecular weight is 305 g/mol. The first-order valence-corrected chi connectivity index (χ1v) is 7.66. The third-order valence-corrected chi connectivity index (χ3v) is 4.43. The number of pyridine rings is 1. The summed E-state index contributed by atoms with van der Waals surface area (Å²) < 4.78 is 6.15. The number of ether oxygens (including phenoxy) is 1. The molecule has 3 rings (SSSR count). The average Bonchev–Trinajstić information content (AvgIpc) is 2.61. The van der Waals surface area contributed by atoms with Crippen LogP contribution in [0.25, 0.3) is 10.9 Å². The van der Waals surface area contributed by atoms with Crippen LogP contribution in [0.1, 0.15) is 34.1 Å². The van der Waals surface area contributed by atoms with Crippen LogP contribution in [0.4, 0.5) is 5.69 Å². The summed E-state index contributed by atoms with van der Waals surface area (Å²) in [4.78, 5) is 4.38. The number of benzene rings is 1. The van der Waals surface area contributed by atoms with Crippen LogP contribution in [0, 0.1) is 0 Å². The van der Waals surface area contributed by atoms with Gasteiger partial charge in [-0.1, -0.05) is 11.6 Å². The van der Waals surface area contributed by atoms with Crippen molar-refractivity contribution in [2.75, 3.05) is 5.32 Å². The fourth-order valence-corrected chi connectivity index (χ4v) is 3.45. The van der Waals surface area contributed by atoms with Gasteiger partial charge in [0.2, 0.25) is 0 Å². The molecule has 112 valence electrons. The topological polar surface area (TPSA) is 34.2 Å². The Kier molecular flexibility index (Phi) is 3.38. The molecule has 1 fully saturated rings. The molecule has 0 spiro atoms. The van der Waals surface area contributed by atoms with Crippen LogP contribution >= 0.6 is 11.6 Å².